The van der Waals surface area contributed by atoms with Gasteiger partial charge in [0, 0.05) is 18.5 Å². The van der Waals surface area contributed by atoms with Gasteiger partial charge in [-0.15, -0.1) is 0 Å². The quantitative estimate of drug-likeness (QED) is 0.911. The number of halogens is 1. The smallest absolute Gasteiger partial charge is 0.225 e. The van der Waals surface area contributed by atoms with Gasteiger partial charge in [0.1, 0.15) is 11.9 Å². The Morgan fingerprint density at radius 2 is 2.05 bits per heavy atom. The van der Waals surface area contributed by atoms with Crippen molar-refractivity contribution in [1.29, 1.82) is 0 Å². The largest absolute Gasteiger partial charge is 0.370 e. The number of benzene rings is 1. The fourth-order valence-corrected chi connectivity index (χ4v) is 3.44. The minimum atomic E-state index is -0.260. The number of carbonyl (C=O) groups excluding carboxylic acids is 1. The van der Waals surface area contributed by atoms with Crippen LogP contribution in [0.15, 0.2) is 24.3 Å². The van der Waals surface area contributed by atoms with Gasteiger partial charge in [-0.1, -0.05) is 18.6 Å². The summed E-state index contributed by atoms with van der Waals surface area (Å²) in [6.45, 7) is 1.69. The molecular formula is C17H23FN2O2. The lowest BCUT2D eigenvalue weighted by Crippen LogP contribution is -2.46. The van der Waals surface area contributed by atoms with Gasteiger partial charge in [-0.25, -0.2) is 4.39 Å². The fraction of sp³-hybridized carbons (Fsp3) is 0.588. The van der Waals surface area contributed by atoms with Crippen molar-refractivity contribution in [2.45, 2.75) is 37.8 Å². The fourth-order valence-electron chi connectivity index (χ4n) is 3.44. The first-order valence-electron chi connectivity index (χ1n) is 8.05. The zero-order valence-electron chi connectivity index (χ0n) is 12.7. The van der Waals surface area contributed by atoms with Crippen LogP contribution in [0.2, 0.25) is 0 Å². The number of carbonyl (C=O) groups is 1. The lowest BCUT2D eigenvalue weighted by molar-refractivity contribution is -0.144. The highest BCUT2D eigenvalue weighted by Gasteiger charge is 2.32. The summed E-state index contributed by atoms with van der Waals surface area (Å²) in [7, 11) is 0. The predicted molar refractivity (Wildman–Crippen MR) is 81.6 cm³/mol. The number of nitrogens with zero attached hydrogens (tertiary/aromatic N) is 1. The van der Waals surface area contributed by atoms with Gasteiger partial charge in [0.25, 0.3) is 0 Å². The molecule has 3 rings (SSSR count). The third kappa shape index (κ3) is 3.47. The monoisotopic (exact) mass is 306 g/mol. The van der Waals surface area contributed by atoms with Gasteiger partial charge in [0.2, 0.25) is 5.91 Å². The van der Waals surface area contributed by atoms with Crippen LogP contribution in [0, 0.1) is 11.7 Å². The van der Waals surface area contributed by atoms with E-state index in [4.69, 9.17) is 10.5 Å². The molecule has 1 aromatic carbocycles. The number of morpholine rings is 1. The Kier molecular flexibility index (Phi) is 4.74. The van der Waals surface area contributed by atoms with E-state index in [0.717, 1.165) is 31.2 Å². The van der Waals surface area contributed by atoms with Crippen LogP contribution >= 0.6 is 0 Å². The average Bonchev–Trinajstić information content (AvgIpc) is 2.55. The lowest BCUT2D eigenvalue weighted by Gasteiger charge is -2.37. The molecule has 5 heteroatoms. The predicted octanol–water partition coefficient (Wildman–Crippen LogP) is 2.24. The standard InChI is InChI=1S/C17H23FN2O2/c18-14-6-4-12(5-7-14)16-11-20(8-9-22-16)17(21)13-2-1-3-15(19)10-13/h4-7,13,15-16H,1-3,8-11,19H2. The van der Waals surface area contributed by atoms with E-state index in [1.165, 1.54) is 12.1 Å². The van der Waals surface area contributed by atoms with Gasteiger partial charge in [0.15, 0.2) is 0 Å². The third-order valence-electron chi connectivity index (χ3n) is 4.68. The first kappa shape index (κ1) is 15.4. The van der Waals surface area contributed by atoms with Gasteiger partial charge < -0.3 is 15.4 Å². The molecule has 1 saturated heterocycles. The van der Waals surface area contributed by atoms with Gasteiger partial charge in [-0.3, -0.25) is 4.79 Å². The van der Waals surface area contributed by atoms with E-state index in [1.54, 1.807) is 12.1 Å². The van der Waals surface area contributed by atoms with Crippen LogP contribution in [0.5, 0.6) is 0 Å². The maximum Gasteiger partial charge on any atom is 0.225 e. The molecule has 0 bridgehead atoms. The van der Waals surface area contributed by atoms with Crippen molar-refractivity contribution in [3.05, 3.63) is 35.6 Å². The van der Waals surface area contributed by atoms with Crippen LogP contribution < -0.4 is 5.73 Å². The average molecular weight is 306 g/mol. The minimum absolute atomic E-state index is 0.0516. The van der Waals surface area contributed by atoms with E-state index in [1.807, 2.05) is 4.90 Å². The molecule has 1 saturated carbocycles. The molecular weight excluding hydrogens is 283 g/mol. The van der Waals surface area contributed by atoms with Crippen LogP contribution in [-0.4, -0.2) is 36.5 Å². The molecule has 2 aliphatic rings. The second kappa shape index (κ2) is 6.75. The molecule has 1 aliphatic carbocycles. The molecule has 3 unspecified atom stereocenters. The third-order valence-corrected chi connectivity index (χ3v) is 4.68. The molecule has 0 radical (unpaired) electrons. The molecule has 120 valence electrons. The van der Waals surface area contributed by atoms with Crippen molar-refractivity contribution in [3.63, 3.8) is 0 Å². The highest BCUT2D eigenvalue weighted by atomic mass is 19.1. The molecule has 2 fully saturated rings. The normalized spacial score (nSPS) is 29.4. The van der Waals surface area contributed by atoms with Crippen molar-refractivity contribution in [2.75, 3.05) is 19.7 Å². The summed E-state index contributed by atoms with van der Waals surface area (Å²) in [5.74, 6) is -0.00929. The second-order valence-corrected chi connectivity index (χ2v) is 6.32. The van der Waals surface area contributed by atoms with Crippen LogP contribution in [0.4, 0.5) is 4.39 Å². The summed E-state index contributed by atoms with van der Waals surface area (Å²) in [4.78, 5) is 14.6. The second-order valence-electron chi connectivity index (χ2n) is 6.32. The van der Waals surface area contributed by atoms with Crippen molar-refractivity contribution >= 4 is 5.91 Å². The Hall–Kier alpha value is -1.46. The van der Waals surface area contributed by atoms with E-state index in [9.17, 15) is 9.18 Å². The molecule has 4 nitrogen and oxygen atoms in total. The summed E-state index contributed by atoms with van der Waals surface area (Å²) in [5.41, 5.74) is 6.91. The summed E-state index contributed by atoms with van der Waals surface area (Å²) < 4.78 is 18.8. The molecule has 1 heterocycles. The summed E-state index contributed by atoms with van der Waals surface area (Å²) in [6, 6.07) is 6.46. The van der Waals surface area contributed by atoms with Crippen LogP contribution in [0.1, 0.15) is 37.4 Å². The van der Waals surface area contributed by atoms with Gasteiger partial charge in [-0.2, -0.15) is 0 Å². The molecule has 1 amide bonds. The molecule has 0 spiro atoms. The van der Waals surface area contributed by atoms with E-state index < -0.39 is 0 Å². The zero-order chi connectivity index (χ0) is 15.5. The van der Waals surface area contributed by atoms with Crippen molar-refractivity contribution in [1.82, 2.24) is 4.90 Å². The first-order chi connectivity index (χ1) is 10.6. The molecule has 22 heavy (non-hydrogen) atoms. The number of hydrogen-bond donors (Lipinski definition) is 1. The molecule has 0 aromatic heterocycles. The van der Waals surface area contributed by atoms with E-state index >= 15 is 0 Å². The molecule has 3 atom stereocenters. The Bertz CT molecular complexity index is 520. The first-order valence-corrected chi connectivity index (χ1v) is 8.05. The number of amides is 1. The topological polar surface area (TPSA) is 55.6 Å². The Morgan fingerprint density at radius 3 is 2.77 bits per heavy atom. The number of nitrogens with two attached hydrogens (primary N) is 1. The highest BCUT2D eigenvalue weighted by Crippen LogP contribution is 2.28. The SMILES string of the molecule is NC1CCCC(C(=O)N2CCOC(c3ccc(F)cc3)C2)C1. The maximum absolute atomic E-state index is 13.0. The summed E-state index contributed by atoms with van der Waals surface area (Å²) in [6.07, 6.45) is 3.60. The number of ether oxygens (including phenoxy) is 1. The molecule has 1 aliphatic heterocycles. The van der Waals surface area contributed by atoms with Crippen LogP contribution in [0.3, 0.4) is 0 Å². The molecule has 2 N–H and O–H groups in total. The summed E-state index contributed by atoms with van der Waals surface area (Å²) >= 11 is 0. The van der Waals surface area contributed by atoms with Crippen molar-refractivity contribution < 1.29 is 13.9 Å². The van der Waals surface area contributed by atoms with Gasteiger partial charge in [0.05, 0.1) is 13.2 Å². The van der Waals surface area contributed by atoms with Crippen molar-refractivity contribution in [2.24, 2.45) is 11.7 Å². The highest BCUT2D eigenvalue weighted by molar-refractivity contribution is 5.79. The Balaban J connectivity index is 1.64. The number of rotatable bonds is 2. The van der Waals surface area contributed by atoms with Crippen molar-refractivity contribution in [3.8, 4) is 0 Å². The van der Waals surface area contributed by atoms with E-state index in [2.05, 4.69) is 0 Å². The van der Waals surface area contributed by atoms with E-state index in [-0.39, 0.29) is 29.8 Å². The molecule has 1 aromatic rings. The summed E-state index contributed by atoms with van der Waals surface area (Å²) in [5, 5.41) is 0. The number of hydrogen-bond acceptors (Lipinski definition) is 3. The van der Waals surface area contributed by atoms with E-state index in [0.29, 0.717) is 19.7 Å². The van der Waals surface area contributed by atoms with Crippen LogP contribution in [-0.2, 0) is 9.53 Å². The van der Waals surface area contributed by atoms with Gasteiger partial charge in [-0.05, 0) is 37.0 Å². The van der Waals surface area contributed by atoms with Gasteiger partial charge >= 0.3 is 0 Å². The Labute approximate surface area is 130 Å². The Morgan fingerprint density at radius 1 is 1.27 bits per heavy atom. The lowest BCUT2D eigenvalue weighted by atomic mass is 9.85. The maximum atomic E-state index is 13.0. The van der Waals surface area contributed by atoms with Crippen LogP contribution in [0.25, 0.3) is 0 Å². The zero-order valence-corrected chi connectivity index (χ0v) is 12.7. The minimum Gasteiger partial charge on any atom is -0.370 e.